The van der Waals surface area contributed by atoms with E-state index in [1.807, 2.05) is 0 Å². The van der Waals surface area contributed by atoms with Gasteiger partial charge in [-0.05, 0) is 25.8 Å². The molecule has 7 heteroatoms. The second-order valence-electron chi connectivity index (χ2n) is 4.77. The molecule has 2 rings (SSSR count). The Labute approximate surface area is 116 Å². The van der Waals surface area contributed by atoms with Gasteiger partial charge in [-0.1, -0.05) is 0 Å². The van der Waals surface area contributed by atoms with Crippen molar-refractivity contribution in [3.05, 3.63) is 28.1 Å². The molecule has 6 nitrogen and oxygen atoms in total. The standard InChI is InChI=1S/C13H18FN3O3/c1-20-13-8-11(10(14)7-12(13)17(18)19)16-6-2-5-15-9-3-4-9/h7-9,15-16H,2-6H2,1H3. The third-order valence-electron chi connectivity index (χ3n) is 3.14. The van der Waals surface area contributed by atoms with Crippen LogP contribution in [-0.2, 0) is 0 Å². The Kier molecular flexibility index (Phi) is 4.73. The zero-order valence-electron chi connectivity index (χ0n) is 11.3. The first-order valence-corrected chi connectivity index (χ1v) is 6.61. The summed E-state index contributed by atoms with van der Waals surface area (Å²) in [5, 5.41) is 17.0. The van der Waals surface area contributed by atoms with Crippen LogP contribution in [0.2, 0.25) is 0 Å². The van der Waals surface area contributed by atoms with Gasteiger partial charge in [-0.25, -0.2) is 4.39 Å². The van der Waals surface area contributed by atoms with E-state index in [9.17, 15) is 14.5 Å². The van der Waals surface area contributed by atoms with Gasteiger partial charge in [-0.2, -0.15) is 0 Å². The lowest BCUT2D eigenvalue weighted by atomic mass is 10.2. The number of methoxy groups -OCH3 is 1. The van der Waals surface area contributed by atoms with Gasteiger partial charge in [-0.15, -0.1) is 0 Å². The second-order valence-corrected chi connectivity index (χ2v) is 4.77. The van der Waals surface area contributed by atoms with Crippen molar-refractivity contribution in [2.24, 2.45) is 0 Å². The van der Waals surface area contributed by atoms with E-state index >= 15 is 0 Å². The van der Waals surface area contributed by atoms with E-state index in [-0.39, 0.29) is 17.1 Å². The number of nitro groups is 1. The van der Waals surface area contributed by atoms with Crippen molar-refractivity contribution in [2.75, 3.05) is 25.5 Å². The molecule has 0 amide bonds. The quantitative estimate of drug-likeness (QED) is 0.435. The number of nitro benzene ring substituents is 1. The van der Waals surface area contributed by atoms with E-state index in [0.717, 1.165) is 19.0 Å². The Morgan fingerprint density at radius 1 is 1.45 bits per heavy atom. The molecule has 0 radical (unpaired) electrons. The number of ether oxygens (including phenoxy) is 1. The van der Waals surface area contributed by atoms with E-state index in [1.54, 1.807) is 0 Å². The zero-order chi connectivity index (χ0) is 14.5. The molecule has 1 aliphatic rings. The molecule has 0 bridgehead atoms. The molecular weight excluding hydrogens is 265 g/mol. The molecule has 2 N–H and O–H groups in total. The summed E-state index contributed by atoms with van der Waals surface area (Å²) in [6.07, 6.45) is 3.33. The highest BCUT2D eigenvalue weighted by Crippen LogP contribution is 2.32. The third-order valence-corrected chi connectivity index (χ3v) is 3.14. The van der Waals surface area contributed by atoms with E-state index in [2.05, 4.69) is 10.6 Å². The number of halogens is 1. The molecule has 0 atom stereocenters. The van der Waals surface area contributed by atoms with Crippen molar-refractivity contribution in [3.8, 4) is 5.75 Å². The van der Waals surface area contributed by atoms with E-state index in [0.29, 0.717) is 12.6 Å². The first kappa shape index (κ1) is 14.5. The van der Waals surface area contributed by atoms with Gasteiger partial charge in [0.2, 0.25) is 0 Å². The van der Waals surface area contributed by atoms with Crippen molar-refractivity contribution < 1.29 is 14.1 Å². The van der Waals surface area contributed by atoms with Gasteiger partial charge in [-0.3, -0.25) is 10.1 Å². The van der Waals surface area contributed by atoms with Crippen molar-refractivity contribution in [1.29, 1.82) is 0 Å². The fourth-order valence-corrected chi connectivity index (χ4v) is 1.89. The third kappa shape index (κ3) is 3.80. The maximum Gasteiger partial charge on any atom is 0.313 e. The molecule has 1 aromatic carbocycles. The molecule has 0 aromatic heterocycles. The monoisotopic (exact) mass is 283 g/mol. The van der Waals surface area contributed by atoms with Crippen LogP contribution in [0.25, 0.3) is 0 Å². The zero-order valence-corrected chi connectivity index (χ0v) is 11.3. The Bertz CT molecular complexity index is 492. The number of benzene rings is 1. The molecule has 0 spiro atoms. The average molecular weight is 283 g/mol. The summed E-state index contributed by atoms with van der Waals surface area (Å²) in [6, 6.07) is 2.86. The highest BCUT2D eigenvalue weighted by atomic mass is 19.1. The SMILES string of the molecule is COc1cc(NCCCNC2CC2)c(F)cc1[N+](=O)[O-]. The summed E-state index contributed by atoms with van der Waals surface area (Å²) in [5.41, 5.74) is -0.148. The molecule has 110 valence electrons. The largest absolute Gasteiger partial charge is 0.490 e. The van der Waals surface area contributed by atoms with E-state index in [4.69, 9.17) is 4.74 Å². The van der Waals surface area contributed by atoms with Crippen LogP contribution < -0.4 is 15.4 Å². The predicted molar refractivity (Wildman–Crippen MR) is 73.7 cm³/mol. The van der Waals surface area contributed by atoms with Crippen LogP contribution in [0.1, 0.15) is 19.3 Å². The molecule has 0 saturated heterocycles. The van der Waals surface area contributed by atoms with Crippen LogP contribution in [0.3, 0.4) is 0 Å². The van der Waals surface area contributed by atoms with Gasteiger partial charge < -0.3 is 15.4 Å². The van der Waals surface area contributed by atoms with E-state index in [1.165, 1.54) is 26.0 Å². The molecular formula is C13H18FN3O3. The molecule has 1 aromatic rings. The lowest BCUT2D eigenvalue weighted by Gasteiger charge is -2.10. The summed E-state index contributed by atoms with van der Waals surface area (Å²) in [5.74, 6) is -0.595. The lowest BCUT2D eigenvalue weighted by molar-refractivity contribution is -0.385. The van der Waals surface area contributed by atoms with Gasteiger partial charge in [0.05, 0.1) is 23.8 Å². The number of nitrogens with zero attached hydrogens (tertiary/aromatic N) is 1. The fraction of sp³-hybridized carbons (Fsp3) is 0.538. The highest BCUT2D eigenvalue weighted by molar-refractivity contribution is 5.59. The Balaban J connectivity index is 1.90. The Hall–Kier alpha value is -1.89. The molecule has 1 fully saturated rings. The van der Waals surface area contributed by atoms with Crippen LogP contribution in [0.5, 0.6) is 5.75 Å². The normalized spacial score (nSPS) is 14.1. The Morgan fingerprint density at radius 2 is 2.20 bits per heavy atom. The molecule has 1 aliphatic carbocycles. The molecule has 20 heavy (non-hydrogen) atoms. The van der Waals surface area contributed by atoms with Crippen LogP contribution in [0.4, 0.5) is 15.8 Å². The van der Waals surface area contributed by atoms with Crippen molar-refractivity contribution in [3.63, 3.8) is 0 Å². The highest BCUT2D eigenvalue weighted by Gasteiger charge is 2.20. The number of rotatable bonds is 8. The minimum atomic E-state index is -0.661. The van der Waals surface area contributed by atoms with Gasteiger partial charge >= 0.3 is 5.69 Å². The minimum Gasteiger partial charge on any atom is -0.490 e. The van der Waals surface area contributed by atoms with Crippen molar-refractivity contribution >= 4 is 11.4 Å². The first-order chi connectivity index (χ1) is 9.61. The van der Waals surface area contributed by atoms with Gasteiger partial charge in [0.15, 0.2) is 11.6 Å². The number of nitrogens with one attached hydrogen (secondary N) is 2. The fourth-order valence-electron chi connectivity index (χ4n) is 1.89. The van der Waals surface area contributed by atoms with Gasteiger partial charge in [0, 0.05) is 18.7 Å². The minimum absolute atomic E-state index is 0.0509. The maximum absolute atomic E-state index is 13.7. The predicted octanol–water partition coefficient (Wildman–Crippen LogP) is 2.30. The first-order valence-electron chi connectivity index (χ1n) is 6.61. The smallest absolute Gasteiger partial charge is 0.313 e. The average Bonchev–Trinajstić information content (AvgIpc) is 3.23. The van der Waals surface area contributed by atoms with E-state index < -0.39 is 10.7 Å². The number of hydrogen-bond acceptors (Lipinski definition) is 5. The molecule has 0 aliphatic heterocycles. The van der Waals surface area contributed by atoms with Gasteiger partial charge in [0.1, 0.15) is 0 Å². The molecule has 0 unspecified atom stereocenters. The topological polar surface area (TPSA) is 76.4 Å². The molecule has 1 saturated carbocycles. The second kappa shape index (κ2) is 6.51. The summed E-state index contributed by atoms with van der Waals surface area (Å²) in [6.45, 7) is 1.47. The summed E-state index contributed by atoms with van der Waals surface area (Å²) in [7, 11) is 1.32. The van der Waals surface area contributed by atoms with Crippen LogP contribution in [0, 0.1) is 15.9 Å². The lowest BCUT2D eigenvalue weighted by Crippen LogP contribution is -2.20. The van der Waals surface area contributed by atoms with Gasteiger partial charge in [0.25, 0.3) is 0 Å². The summed E-state index contributed by atoms with van der Waals surface area (Å²) in [4.78, 5) is 10.1. The van der Waals surface area contributed by atoms with Crippen molar-refractivity contribution in [1.82, 2.24) is 5.32 Å². The number of hydrogen-bond donors (Lipinski definition) is 2. The van der Waals surface area contributed by atoms with Crippen molar-refractivity contribution in [2.45, 2.75) is 25.3 Å². The molecule has 0 heterocycles. The Morgan fingerprint density at radius 3 is 2.80 bits per heavy atom. The van der Waals surface area contributed by atoms with Crippen LogP contribution in [-0.4, -0.2) is 31.2 Å². The number of anilines is 1. The summed E-state index contributed by atoms with van der Waals surface area (Å²) < 4.78 is 18.6. The summed E-state index contributed by atoms with van der Waals surface area (Å²) >= 11 is 0. The maximum atomic E-state index is 13.7. The van der Waals surface area contributed by atoms with Crippen LogP contribution >= 0.6 is 0 Å². The van der Waals surface area contributed by atoms with Crippen LogP contribution in [0.15, 0.2) is 12.1 Å².